The minimum Gasteiger partial charge on any atom is -0.271 e. The Morgan fingerprint density at radius 1 is 1.25 bits per heavy atom. The molecule has 106 valence electrons. The van der Waals surface area contributed by atoms with Crippen molar-refractivity contribution in [2.45, 2.75) is 31.7 Å². The Bertz CT molecular complexity index is 530. The van der Waals surface area contributed by atoms with Gasteiger partial charge >= 0.3 is 0 Å². The lowest BCUT2D eigenvalue weighted by Crippen LogP contribution is -2.41. The maximum Gasteiger partial charge on any atom is 0.0621 e. The van der Waals surface area contributed by atoms with E-state index in [1.54, 1.807) is 12.4 Å². The fourth-order valence-electron chi connectivity index (χ4n) is 2.58. The summed E-state index contributed by atoms with van der Waals surface area (Å²) >= 11 is 6.19. The fraction of sp³-hybridized carbons (Fsp3) is 0.312. The number of nitrogens with two attached hydrogens (primary N) is 1. The lowest BCUT2D eigenvalue weighted by molar-refractivity contribution is 0.427. The average molecular weight is 290 g/mol. The smallest absolute Gasteiger partial charge is 0.0621 e. The minimum atomic E-state index is 0.141. The molecule has 1 aromatic carbocycles. The summed E-state index contributed by atoms with van der Waals surface area (Å²) in [7, 11) is 0. The second-order valence-electron chi connectivity index (χ2n) is 4.87. The van der Waals surface area contributed by atoms with Gasteiger partial charge in [-0.1, -0.05) is 48.9 Å². The van der Waals surface area contributed by atoms with Crippen LogP contribution in [0.2, 0.25) is 5.02 Å². The number of aromatic nitrogens is 1. The van der Waals surface area contributed by atoms with Crippen molar-refractivity contribution in [3.8, 4) is 0 Å². The number of nitrogens with one attached hydrogen (secondary N) is 1. The quantitative estimate of drug-likeness (QED) is 0.634. The molecule has 2 rings (SSSR count). The maximum atomic E-state index is 6.19. The van der Waals surface area contributed by atoms with Crippen LogP contribution < -0.4 is 11.3 Å². The Balaban J connectivity index is 2.20. The van der Waals surface area contributed by atoms with Crippen LogP contribution >= 0.6 is 11.6 Å². The number of nitrogens with zero attached hydrogens (tertiary/aromatic N) is 1. The van der Waals surface area contributed by atoms with Crippen molar-refractivity contribution in [3.05, 3.63) is 64.9 Å². The molecule has 3 N–H and O–H groups in total. The van der Waals surface area contributed by atoms with E-state index >= 15 is 0 Å². The Morgan fingerprint density at radius 2 is 2.00 bits per heavy atom. The number of hydrazine groups is 1. The SMILES string of the molecule is CCC(c1ccccc1)C(Cc1ccncc1Cl)NN. The van der Waals surface area contributed by atoms with Crippen LogP contribution in [0.15, 0.2) is 48.8 Å². The lowest BCUT2D eigenvalue weighted by atomic mass is 9.86. The molecule has 0 bridgehead atoms. The molecule has 0 spiro atoms. The van der Waals surface area contributed by atoms with Crippen molar-refractivity contribution < 1.29 is 0 Å². The number of benzene rings is 1. The Hall–Kier alpha value is -1.42. The van der Waals surface area contributed by atoms with E-state index in [4.69, 9.17) is 17.4 Å². The molecule has 0 radical (unpaired) electrons. The highest BCUT2D eigenvalue weighted by atomic mass is 35.5. The zero-order valence-corrected chi connectivity index (χ0v) is 12.3. The van der Waals surface area contributed by atoms with E-state index in [-0.39, 0.29) is 6.04 Å². The summed E-state index contributed by atoms with van der Waals surface area (Å²) in [6.07, 6.45) is 5.24. The van der Waals surface area contributed by atoms with Gasteiger partial charge in [0.1, 0.15) is 0 Å². The van der Waals surface area contributed by atoms with Crippen molar-refractivity contribution in [1.29, 1.82) is 0 Å². The molecule has 0 amide bonds. The van der Waals surface area contributed by atoms with Crippen molar-refractivity contribution >= 4 is 11.6 Å². The Morgan fingerprint density at radius 3 is 2.60 bits per heavy atom. The summed E-state index contributed by atoms with van der Waals surface area (Å²) in [4.78, 5) is 4.02. The summed E-state index contributed by atoms with van der Waals surface area (Å²) in [5.41, 5.74) is 5.31. The van der Waals surface area contributed by atoms with Gasteiger partial charge in [0, 0.05) is 24.4 Å². The molecular weight excluding hydrogens is 270 g/mol. The van der Waals surface area contributed by atoms with Crippen LogP contribution in [-0.2, 0) is 6.42 Å². The van der Waals surface area contributed by atoms with Crippen LogP contribution in [0.1, 0.15) is 30.4 Å². The summed E-state index contributed by atoms with van der Waals surface area (Å²) in [5.74, 6) is 6.13. The Kier molecular flexibility index (Phi) is 5.53. The van der Waals surface area contributed by atoms with E-state index in [2.05, 4.69) is 41.6 Å². The predicted molar refractivity (Wildman–Crippen MR) is 83.5 cm³/mol. The first-order valence-electron chi connectivity index (χ1n) is 6.85. The van der Waals surface area contributed by atoms with E-state index in [0.717, 1.165) is 18.4 Å². The highest BCUT2D eigenvalue weighted by molar-refractivity contribution is 6.31. The molecule has 0 saturated heterocycles. The van der Waals surface area contributed by atoms with E-state index in [0.29, 0.717) is 10.9 Å². The number of rotatable bonds is 6. The van der Waals surface area contributed by atoms with E-state index in [9.17, 15) is 0 Å². The Labute approximate surface area is 125 Å². The fourth-order valence-corrected chi connectivity index (χ4v) is 2.77. The molecule has 0 aliphatic heterocycles. The van der Waals surface area contributed by atoms with E-state index < -0.39 is 0 Å². The molecule has 1 heterocycles. The molecule has 1 aromatic heterocycles. The first-order valence-corrected chi connectivity index (χ1v) is 7.23. The molecule has 0 fully saturated rings. The largest absolute Gasteiger partial charge is 0.271 e. The number of pyridine rings is 1. The molecule has 0 aliphatic carbocycles. The second kappa shape index (κ2) is 7.39. The van der Waals surface area contributed by atoms with E-state index in [1.165, 1.54) is 5.56 Å². The van der Waals surface area contributed by atoms with Gasteiger partial charge in [-0.2, -0.15) is 0 Å². The molecule has 2 aromatic rings. The zero-order chi connectivity index (χ0) is 14.4. The molecule has 3 nitrogen and oxygen atoms in total. The monoisotopic (exact) mass is 289 g/mol. The molecule has 2 atom stereocenters. The molecule has 4 heteroatoms. The number of hydrogen-bond donors (Lipinski definition) is 2. The molecule has 20 heavy (non-hydrogen) atoms. The molecule has 0 aliphatic rings. The van der Waals surface area contributed by atoms with Gasteiger partial charge in [0.2, 0.25) is 0 Å². The first kappa shape index (κ1) is 15.0. The van der Waals surface area contributed by atoms with Crippen LogP contribution in [0.25, 0.3) is 0 Å². The van der Waals surface area contributed by atoms with Crippen LogP contribution in [0.3, 0.4) is 0 Å². The van der Waals surface area contributed by atoms with Crippen LogP contribution in [0.5, 0.6) is 0 Å². The van der Waals surface area contributed by atoms with E-state index in [1.807, 2.05) is 12.1 Å². The van der Waals surface area contributed by atoms with Gasteiger partial charge in [-0.15, -0.1) is 0 Å². The van der Waals surface area contributed by atoms with Gasteiger partial charge in [-0.3, -0.25) is 16.3 Å². The summed E-state index contributed by atoms with van der Waals surface area (Å²) in [5, 5.41) is 0.690. The predicted octanol–water partition coefficient (Wildman–Crippen LogP) is 3.30. The van der Waals surface area contributed by atoms with Gasteiger partial charge in [0.25, 0.3) is 0 Å². The third-order valence-electron chi connectivity index (χ3n) is 3.66. The molecular formula is C16H20ClN3. The van der Waals surface area contributed by atoms with Crippen molar-refractivity contribution in [2.75, 3.05) is 0 Å². The molecule has 2 unspecified atom stereocenters. The number of hydrogen-bond acceptors (Lipinski definition) is 3. The minimum absolute atomic E-state index is 0.141. The number of halogens is 1. The lowest BCUT2D eigenvalue weighted by Gasteiger charge is -2.26. The van der Waals surface area contributed by atoms with Crippen LogP contribution in [-0.4, -0.2) is 11.0 Å². The first-order chi connectivity index (χ1) is 9.76. The molecule has 0 saturated carbocycles. The standard InChI is InChI=1S/C16H20ClN3/c1-2-14(12-6-4-3-5-7-12)16(20-18)10-13-8-9-19-11-15(13)17/h3-9,11,14,16,20H,2,10,18H2,1H3. The maximum absolute atomic E-state index is 6.19. The van der Waals surface area contributed by atoms with Gasteiger partial charge in [0.15, 0.2) is 0 Å². The van der Waals surface area contributed by atoms with Crippen LogP contribution in [0, 0.1) is 0 Å². The van der Waals surface area contributed by atoms with Crippen molar-refractivity contribution in [1.82, 2.24) is 10.4 Å². The van der Waals surface area contributed by atoms with Gasteiger partial charge in [-0.25, -0.2) is 0 Å². The topological polar surface area (TPSA) is 50.9 Å². The zero-order valence-electron chi connectivity index (χ0n) is 11.6. The van der Waals surface area contributed by atoms with Crippen LogP contribution in [0.4, 0.5) is 0 Å². The van der Waals surface area contributed by atoms with Crippen molar-refractivity contribution in [3.63, 3.8) is 0 Å². The third kappa shape index (κ3) is 3.57. The summed E-state index contributed by atoms with van der Waals surface area (Å²) in [6.45, 7) is 2.18. The average Bonchev–Trinajstić information content (AvgIpc) is 2.50. The summed E-state index contributed by atoms with van der Waals surface area (Å²) < 4.78 is 0. The van der Waals surface area contributed by atoms with Gasteiger partial charge in [0.05, 0.1) is 5.02 Å². The third-order valence-corrected chi connectivity index (χ3v) is 4.00. The van der Waals surface area contributed by atoms with Crippen molar-refractivity contribution in [2.24, 2.45) is 5.84 Å². The summed E-state index contributed by atoms with van der Waals surface area (Å²) in [6, 6.07) is 12.5. The van der Waals surface area contributed by atoms with Gasteiger partial charge in [-0.05, 0) is 30.0 Å². The highest BCUT2D eigenvalue weighted by Gasteiger charge is 2.21. The normalized spacial score (nSPS) is 13.9. The second-order valence-corrected chi connectivity index (χ2v) is 5.28. The highest BCUT2D eigenvalue weighted by Crippen LogP contribution is 2.26. The van der Waals surface area contributed by atoms with Gasteiger partial charge < -0.3 is 0 Å².